The Morgan fingerprint density at radius 1 is 1.75 bits per heavy atom. The van der Waals surface area contributed by atoms with Gasteiger partial charge in [0.15, 0.2) is 0 Å². The number of rotatable bonds is 3. The molecule has 0 aromatic carbocycles. The summed E-state index contributed by atoms with van der Waals surface area (Å²) in [7, 11) is 0. The van der Waals surface area contributed by atoms with Crippen LogP contribution in [-0.4, -0.2) is 34.0 Å². The summed E-state index contributed by atoms with van der Waals surface area (Å²) in [4.78, 5) is 18.6. The molecule has 0 aliphatic carbocycles. The highest BCUT2D eigenvalue weighted by atomic mass is 32.1. The van der Waals surface area contributed by atoms with Crippen molar-refractivity contribution >= 4 is 17.3 Å². The Morgan fingerprint density at radius 2 is 2.50 bits per heavy atom. The first-order valence-electron chi connectivity index (χ1n) is 5.39. The van der Waals surface area contributed by atoms with Gasteiger partial charge in [-0.05, 0) is 26.8 Å². The molecular weight excluding hydrogens is 224 g/mol. The van der Waals surface area contributed by atoms with E-state index < -0.39 is 11.4 Å². The van der Waals surface area contributed by atoms with E-state index in [9.17, 15) is 4.79 Å². The first kappa shape index (κ1) is 11.5. The Morgan fingerprint density at radius 3 is 3.00 bits per heavy atom. The van der Waals surface area contributed by atoms with Gasteiger partial charge in [-0.3, -0.25) is 14.7 Å². The SMILES string of the molecule is CC(c1cncs1)N1CCC(C)(C(=O)O)C1. The first-order chi connectivity index (χ1) is 7.53. The molecule has 1 aromatic heterocycles. The van der Waals surface area contributed by atoms with Crippen molar-refractivity contribution in [2.24, 2.45) is 5.41 Å². The molecule has 1 N–H and O–H groups in total. The fourth-order valence-electron chi connectivity index (χ4n) is 2.11. The van der Waals surface area contributed by atoms with Gasteiger partial charge in [0.05, 0.1) is 10.9 Å². The molecule has 16 heavy (non-hydrogen) atoms. The molecule has 1 saturated heterocycles. The second-order valence-corrected chi connectivity index (χ2v) is 5.58. The number of carboxylic acids is 1. The summed E-state index contributed by atoms with van der Waals surface area (Å²) in [5.41, 5.74) is 1.23. The average molecular weight is 240 g/mol. The molecule has 0 amide bonds. The van der Waals surface area contributed by atoms with Crippen molar-refractivity contribution in [3.63, 3.8) is 0 Å². The van der Waals surface area contributed by atoms with Crippen LogP contribution in [-0.2, 0) is 4.79 Å². The van der Waals surface area contributed by atoms with Gasteiger partial charge in [0, 0.05) is 23.7 Å². The minimum atomic E-state index is -0.688. The predicted molar refractivity (Wildman–Crippen MR) is 62.5 cm³/mol. The third-order valence-electron chi connectivity index (χ3n) is 3.43. The van der Waals surface area contributed by atoms with Gasteiger partial charge >= 0.3 is 5.97 Å². The maximum atomic E-state index is 11.1. The van der Waals surface area contributed by atoms with Crippen molar-refractivity contribution in [2.45, 2.75) is 26.3 Å². The van der Waals surface area contributed by atoms with Gasteiger partial charge < -0.3 is 5.11 Å². The van der Waals surface area contributed by atoms with E-state index in [0.29, 0.717) is 6.54 Å². The molecule has 2 rings (SSSR count). The Balaban J connectivity index is 2.07. The maximum absolute atomic E-state index is 11.1. The van der Waals surface area contributed by atoms with Crippen LogP contribution in [0, 0.1) is 5.41 Å². The number of carboxylic acid groups (broad SMARTS) is 1. The molecule has 0 bridgehead atoms. The number of aliphatic carboxylic acids is 1. The minimum absolute atomic E-state index is 0.272. The highest BCUT2D eigenvalue weighted by molar-refractivity contribution is 7.09. The van der Waals surface area contributed by atoms with Crippen LogP contribution >= 0.6 is 11.3 Å². The van der Waals surface area contributed by atoms with Crippen LogP contribution in [0.3, 0.4) is 0 Å². The number of likely N-dealkylation sites (tertiary alicyclic amines) is 1. The standard InChI is InChI=1S/C11H16N2O2S/c1-8(9-5-12-7-16-9)13-4-3-11(2,6-13)10(14)15/h5,7-8H,3-4,6H2,1-2H3,(H,14,15). The van der Waals surface area contributed by atoms with Crippen LogP contribution in [0.1, 0.15) is 31.2 Å². The number of aromatic nitrogens is 1. The zero-order valence-electron chi connectivity index (χ0n) is 9.51. The molecule has 0 spiro atoms. The van der Waals surface area contributed by atoms with E-state index >= 15 is 0 Å². The van der Waals surface area contributed by atoms with Crippen LogP contribution in [0.25, 0.3) is 0 Å². The smallest absolute Gasteiger partial charge is 0.310 e. The predicted octanol–water partition coefficient (Wildman–Crippen LogP) is 2.00. The second kappa shape index (κ2) is 4.14. The van der Waals surface area contributed by atoms with Crippen molar-refractivity contribution in [3.8, 4) is 0 Å². The highest BCUT2D eigenvalue weighted by Crippen LogP contribution is 2.36. The molecule has 1 aliphatic rings. The summed E-state index contributed by atoms with van der Waals surface area (Å²) in [6, 6.07) is 0.272. The third kappa shape index (κ3) is 1.97. The van der Waals surface area contributed by atoms with E-state index in [4.69, 9.17) is 5.11 Å². The molecule has 4 nitrogen and oxygen atoms in total. The summed E-state index contributed by atoms with van der Waals surface area (Å²) in [5.74, 6) is -0.688. The van der Waals surface area contributed by atoms with Crippen LogP contribution in [0.4, 0.5) is 0 Å². The largest absolute Gasteiger partial charge is 0.481 e. The molecule has 0 radical (unpaired) electrons. The molecule has 2 atom stereocenters. The molecule has 0 saturated carbocycles. The second-order valence-electron chi connectivity index (χ2n) is 4.67. The first-order valence-corrected chi connectivity index (χ1v) is 6.27. The lowest BCUT2D eigenvalue weighted by Crippen LogP contribution is -2.32. The van der Waals surface area contributed by atoms with Crippen LogP contribution in [0.15, 0.2) is 11.7 Å². The zero-order valence-corrected chi connectivity index (χ0v) is 10.3. The zero-order chi connectivity index (χ0) is 11.8. The molecule has 1 aromatic rings. The summed E-state index contributed by atoms with van der Waals surface area (Å²) in [6.45, 7) is 5.42. The fourth-order valence-corrected chi connectivity index (χ4v) is 2.82. The number of thiazole rings is 1. The van der Waals surface area contributed by atoms with Gasteiger partial charge in [-0.25, -0.2) is 0 Å². The van der Waals surface area contributed by atoms with E-state index in [0.717, 1.165) is 13.0 Å². The molecule has 88 valence electrons. The van der Waals surface area contributed by atoms with Crippen LogP contribution in [0.2, 0.25) is 0 Å². The molecule has 1 fully saturated rings. The summed E-state index contributed by atoms with van der Waals surface area (Å²) < 4.78 is 0. The average Bonchev–Trinajstić information content (AvgIpc) is 2.85. The Kier molecular flexibility index (Phi) is 2.99. The Bertz CT molecular complexity index is 379. The van der Waals surface area contributed by atoms with Gasteiger partial charge in [0.1, 0.15) is 0 Å². The van der Waals surface area contributed by atoms with E-state index in [-0.39, 0.29) is 6.04 Å². The van der Waals surface area contributed by atoms with Crippen molar-refractivity contribution in [1.82, 2.24) is 9.88 Å². The third-order valence-corrected chi connectivity index (χ3v) is 4.38. The number of carbonyl (C=O) groups is 1. The molecule has 1 aliphatic heterocycles. The van der Waals surface area contributed by atoms with Gasteiger partial charge in [-0.1, -0.05) is 0 Å². The minimum Gasteiger partial charge on any atom is -0.481 e. The van der Waals surface area contributed by atoms with Crippen molar-refractivity contribution in [2.75, 3.05) is 13.1 Å². The maximum Gasteiger partial charge on any atom is 0.310 e. The normalized spacial score (nSPS) is 28.1. The fraction of sp³-hybridized carbons (Fsp3) is 0.636. The molecule has 2 heterocycles. The summed E-state index contributed by atoms with van der Waals surface area (Å²) in [5, 5.41) is 9.17. The van der Waals surface area contributed by atoms with E-state index in [1.165, 1.54) is 4.88 Å². The lowest BCUT2D eigenvalue weighted by molar-refractivity contribution is -0.147. The lowest BCUT2D eigenvalue weighted by atomic mass is 9.90. The molecule has 5 heteroatoms. The molecular formula is C11H16N2O2S. The van der Waals surface area contributed by atoms with Crippen molar-refractivity contribution in [1.29, 1.82) is 0 Å². The Hall–Kier alpha value is -0.940. The van der Waals surface area contributed by atoms with E-state index in [2.05, 4.69) is 16.8 Å². The van der Waals surface area contributed by atoms with Crippen LogP contribution in [0.5, 0.6) is 0 Å². The van der Waals surface area contributed by atoms with Gasteiger partial charge in [0.25, 0.3) is 0 Å². The van der Waals surface area contributed by atoms with Gasteiger partial charge in [-0.2, -0.15) is 0 Å². The number of hydrogen-bond donors (Lipinski definition) is 1. The number of nitrogens with zero attached hydrogens (tertiary/aromatic N) is 2. The van der Waals surface area contributed by atoms with Crippen molar-refractivity contribution < 1.29 is 9.90 Å². The highest BCUT2D eigenvalue weighted by Gasteiger charge is 2.42. The summed E-state index contributed by atoms with van der Waals surface area (Å²) >= 11 is 1.63. The topological polar surface area (TPSA) is 53.4 Å². The Labute approximate surface area is 98.9 Å². The monoisotopic (exact) mass is 240 g/mol. The van der Waals surface area contributed by atoms with Gasteiger partial charge in [-0.15, -0.1) is 11.3 Å². The number of hydrogen-bond acceptors (Lipinski definition) is 4. The lowest BCUT2D eigenvalue weighted by Gasteiger charge is -2.24. The van der Waals surface area contributed by atoms with E-state index in [1.807, 2.05) is 18.6 Å². The summed E-state index contributed by atoms with van der Waals surface area (Å²) in [6.07, 6.45) is 2.59. The van der Waals surface area contributed by atoms with Gasteiger partial charge in [0.2, 0.25) is 0 Å². The van der Waals surface area contributed by atoms with E-state index in [1.54, 1.807) is 11.3 Å². The quantitative estimate of drug-likeness (QED) is 0.878. The molecule has 2 unspecified atom stereocenters. The van der Waals surface area contributed by atoms with Crippen molar-refractivity contribution in [3.05, 3.63) is 16.6 Å². The van der Waals surface area contributed by atoms with Crippen LogP contribution < -0.4 is 0 Å².